The molecule has 0 saturated heterocycles. The first-order chi connectivity index (χ1) is 9.03. The van der Waals surface area contributed by atoms with Gasteiger partial charge in [0.1, 0.15) is 0 Å². The van der Waals surface area contributed by atoms with E-state index in [2.05, 4.69) is 5.32 Å². The van der Waals surface area contributed by atoms with E-state index < -0.39 is 9.84 Å². The van der Waals surface area contributed by atoms with Crippen molar-refractivity contribution in [3.05, 3.63) is 24.3 Å². The van der Waals surface area contributed by atoms with Gasteiger partial charge < -0.3 is 10.4 Å². The Kier molecular flexibility index (Phi) is 4.47. The number of aliphatic hydroxyl groups is 1. The number of hydrogen-bond acceptors (Lipinski definition) is 4. The van der Waals surface area contributed by atoms with Gasteiger partial charge in [-0.05, 0) is 37.3 Å². The van der Waals surface area contributed by atoms with E-state index in [0.29, 0.717) is 22.9 Å². The van der Waals surface area contributed by atoms with Gasteiger partial charge in [-0.25, -0.2) is 8.42 Å². The summed E-state index contributed by atoms with van der Waals surface area (Å²) >= 11 is 0. The lowest BCUT2D eigenvalue weighted by molar-refractivity contribution is 0.0486. The normalized spacial score (nSPS) is 22.8. The van der Waals surface area contributed by atoms with E-state index in [1.54, 1.807) is 18.2 Å². The molecule has 2 N–H and O–H groups in total. The average Bonchev–Trinajstić information content (AvgIpc) is 2.33. The minimum absolute atomic E-state index is 0.174. The topological polar surface area (TPSA) is 66.4 Å². The first-order valence-corrected chi connectivity index (χ1v) is 8.42. The first kappa shape index (κ1) is 14.3. The third-order valence-electron chi connectivity index (χ3n) is 3.49. The van der Waals surface area contributed by atoms with Crippen molar-refractivity contribution in [3.63, 3.8) is 0 Å². The zero-order chi connectivity index (χ0) is 13.9. The third-order valence-corrected chi connectivity index (χ3v) is 5.46. The molecule has 0 atom stereocenters. The van der Waals surface area contributed by atoms with Crippen LogP contribution in [0.1, 0.15) is 26.2 Å². The number of anilines is 1. The lowest BCUT2D eigenvalue weighted by atomic mass is 9.82. The fraction of sp³-hybridized carbons (Fsp3) is 0.571. The molecule has 2 rings (SSSR count). The number of hydrogen-bond donors (Lipinski definition) is 2. The highest BCUT2D eigenvalue weighted by molar-refractivity contribution is 7.91. The quantitative estimate of drug-likeness (QED) is 0.838. The molecule has 0 amide bonds. The number of benzene rings is 1. The zero-order valence-corrected chi connectivity index (χ0v) is 12.0. The molecule has 0 aliphatic heterocycles. The highest BCUT2D eigenvalue weighted by Crippen LogP contribution is 2.29. The highest BCUT2D eigenvalue weighted by atomic mass is 32.2. The molecule has 0 unspecified atom stereocenters. The Balaban J connectivity index is 2.08. The van der Waals surface area contributed by atoms with E-state index in [0.717, 1.165) is 19.4 Å². The van der Waals surface area contributed by atoms with Crippen LogP contribution in [0.15, 0.2) is 29.2 Å². The Bertz CT molecular complexity index is 521. The molecule has 1 fully saturated rings. The Morgan fingerprint density at radius 1 is 1.32 bits per heavy atom. The summed E-state index contributed by atoms with van der Waals surface area (Å²) in [5, 5.41) is 12.5. The van der Waals surface area contributed by atoms with E-state index in [1.807, 2.05) is 13.0 Å². The van der Waals surface area contributed by atoms with Crippen molar-refractivity contribution in [3.8, 4) is 0 Å². The average molecular weight is 283 g/mol. The fourth-order valence-corrected chi connectivity index (χ4v) is 3.90. The summed E-state index contributed by atoms with van der Waals surface area (Å²) in [4.78, 5) is 0.386. The molecule has 4 nitrogen and oxygen atoms in total. The molecule has 0 aromatic heterocycles. The van der Waals surface area contributed by atoms with Crippen LogP contribution in [0.5, 0.6) is 0 Å². The van der Waals surface area contributed by atoms with Crippen molar-refractivity contribution in [1.29, 1.82) is 0 Å². The molecule has 1 aromatic rings. The van der Waals surface area contributed by atoms with Crippen LogP contribution in [-0.2, 0) is 9.84 Å². The van der Waals surface area contributed by atoms with Gasteiger partial charge >= 0.3 is 0 Å². The van der Waals surface area contributed by atoms with Crippen molar-refractivity contribution >= 4 is 15.5 Å². The maximum atomic E-state index is 12.2. The lowest BCUT2D eigenvalue weighted by Crippen LogP contribution is -2.33. The monoisotopic (exact) mass is 283 g/mol. The second-order valence-corrected chi connectivity index (χ2v) is 7.26. The molecular weight excluding hydrogens is 262 g/mol. The van der Waals surface area contributed by atoms with Gasteiger partial charge in [-0.3, -0.25) is 0 Å². The summed E-state index contributed by atoms with van der Waals surface area (Å²) in [5.74, 6) is 0.616. The fourth-order valence-electron chi connectivity index (χ4n) is 2.38. The van der Waals surface area contributed by atoms with Crippen molar-refractivity contribution < 1.29 is 13.5 Å². The molecule has 0 spiro atoms. The second-order valence-electron chi connectivity index (χ2n) is 5.19. The maximum Gasteiger partial charge on any atom is 0.180 e. The van der Waals surface area contributed by atoms with Gasteiger partial charge in [0.15, 0.2) is 9.84 Å². The number of aliphatic hydroxyl groups excluding tert-OH is 1. The van der Waals surface area contributed by atoms with Crippen molar-refractivity contribution in [2.24, 2.45) is 5.92 Å². The predicted molar refractivity (Wildman–Crippen MR) is 76.0 cm³/mol. The molecule has 5 heteroatoms. The van der Waals surface area contributed by atoms with E-state index in [-0.39, 0.29) is 11.9 Å². The number of sulfone groups is 1. The minimum Gasteiger partial charge on any atom is -0.393 e. The van der Waals surface area contributed by atoms with Gasteiger partial charge in [0, 0.05) is 6.54 Å². The molecule has 0 radical (unpaired) electrons. The van der Waals surface area contributed by atoms with Crippen LogP contribution in [0.25, 0.3) is 0 Å². The molecule has 1 aromatic carbocycles. The highest BCUT2D eigenvalue weighted by Gasteiger charge is 2.27. The maximum absolute atomic E-state index is 12.2. The Morgan fingerprint density at radius 3 is 2.63 bits per heavy atom. The summed E-state index contributed by atoms with van der Waals surface area (Å²) < 4.78 is 24.3. The number of nitrogens with one attached hydrogen (secondary N) is 1. The van der Waals surface area contributed by atoms with Crippen LogP contribution < -0.4 is 5.32 Å². The summed E-state index contributed by atoms with van der Waals surface area (Å²) in [6.07, 6.45) is 2.05. The van der Waals surface area contributed by atoms with Gasteiger partial charge in [0.2, 0.25) is 0 Å². The Labute approximate surface area is 114 Å². The molecule has 19 heavy (non-hydrogen) atoms. The van der Waals surface area contributed by atoms with Gasteiger partial charge in [0.05, 0.1) is 22.4 Å². The van der Waals surface area contributed by atoms with Crippen LogP contribution in [0.3, 0.4) is 0 Å². The summed E-state index contributed by atoms with van der Waals surface area (Å²) in [6.45, 7) is 2.58. The van der Waals surface area contributed by atoms with Crippen molar-refractivity contribution in [2.75, 3.05) is 17.6 Å². The molecule has 106 valence electrons. The molecule has 1 aliphatic carbocycles. The smallest absolute Gasteiger partial charge is 0.180 e. The SMILES string of the molecule is CCCS(=O)(=O)c1ccccc1NCC1CC(O)C1. The minimum atomic E-state index is -3.20. The van der Waals surface area contributed by atoms with Crippen molar-refractivity contribution in [1.82, 2.24) is 0 Å². The molecule has 1 saturated carbocycles. The van der Waals surface area contributed by atoms with Gasteiger partial charge in [0.25, 0.3) is 0 Å². The van der Waals surface area contributed by atoms with E-state index in [9.17, 15) is 13.5 Å². The summed E-state index contributed by atoms with van der Waals surface area (Å²) in [6, 6.07) is 7.05. The zero-order valence-electron chi connectivity index (χ0n) is 11.2. The molecule has 0 bridgehead atoms. The van der Waals surface area contributed by atoms with Gasteiger partial charge in [-0.1, -0.05) is 19.1 Å². The Hall–Kier alpha value is -1.07. The lowest BCUT2D eigenvalue weighted by Gasteiger charge is -2.31. The first-order valence-electron chi connectivity index (χ1n) is 6.76. The van der Waals surface area contributed by atoms with Gasteiger partial charge in [-0.15, -0.1) is 0 Å². The number of rotatable bonds is 6. The van der Waals surface area contributed by atoms with E-state index >= 15 is 0 Å². The third kappa shape index (κ3) is 3.48. The second kappa shape index (κ2) is 5.92. The van der Waals surface area contributed by atoms with Crippen LogP contribution >= 0.6 is 0 Å². The molecule has 0 heterocycles. The van der Waals surface area contributed by atoms with Crippen LogP contribution in [0.2, 0.25) is 0 Å². The van der Waals surface area contributed by atoms with Gasteiger partial charge in [-0.2, -0.15) is 0 Å². The van der Waals surface area contributed by atoms with Crippen LogP contribution in [0.4, 0.5) is 5.69 Å². The standard InChI is InChI=1S/C14H21NO3S/c1-2-7-19(17,18)14-6-4-3-5-13(14)15-10-11-8-12(16)9-11/h3-6,11-12,15-16H,2,7-10H2,1H3. The molecule has 1 aliphatic rings. The summed E-state index contributed by atoms with van der Waals surface area (Å²) in [7, 11) is -3.20. The van der Waals surface area contributed by atoms with Crippen LogP contribution in [0, 0.1) is 5.92 Å². The van der Waals surface area contributed by atoms with E-state index in [1.165, 1.54) is 0 Å². The predicted octanol–water partition coefficient (Wildman–Crippen LogP) is 2.05. The van der Waals surface area contributed by atoms with Crippen molar-refractivity contribution in [2.45, 2.75) is 37.2 Å². The molecular formula is C14H21NO3S. The number of para-hydroxylation sites is 1. The largest absolute Gasteiger partial charge is 0.393 e. The van der Waals surface area contributed by atoms with Crippen LogP contribution in [-0.4, -0.2) is 31.9 Å². The Morgan fingerprint density at radius 2 is 2.00 bits per heavy atom. The van der Waals surface area contributed by atoms with E-state index in [4.69, 9.17) is 0 Å². The summed E-state index contributed by atoms with van der Waals surface area (Å²) in [5.41, 5.74) is 0.678.